The Morgan fingerprint density at radius 3 is 2.86 bits per heavy atom. The van der Waals surface area contributed by atoms with E-state index in [2.05, 4.69) is 30.4 Å². The summed E-state index contributed by atoms with van der Waals surface area (Å²) < 4.78 is 1.63. The number of aryl methyl sites for hydroxylation is 1. The molecular formula is C18H15N7O2S. The minimum absolute atomic E-state index is 0.108. The van der Waals surface area contributed by atoms with E-state index < -0.39 is 0 Å². The molecule has 140 valence electrons. The molecule has 4 aromatic rings. The van der Waals surface area contributed by atoms with Crippen molar-refractivity contribution in [3.8, 4) is 11.6 Å². The zero-order valence-electron chi connectivity index (χ0n) is 14.7. The summed E-state index contributed by atoms with van der Waals surface area (Å²) in [4.78, 5) is 28.1. The first-order chi connectivity index (χ1) is 13.6. The van der Waals surface area contributed by atoms with E-state index in [1.165, 1.54) is 18.1 Å². The number of aromatic hydroxyl groups is 1. The quantitative estimate of drug-likeness (QED) is 0.478. The number of imidazole rings is 1. The molecule has 1 aromatic carbocycles. The van der Waals surface area contributed by atoms with Crippen LogP contribution in [0.15, 0.2) is 36.9 Å². The molecule has 5 rings (SSSR count). The van der Waals surface area contributed by atoms with Crippen molar-refractivity contribution in [1.29, 1.82) is 0 Å². The molecule has 3 aromatic heterocycles. The van der Waals surface area contributed by atoms with E-state index >= 15 is 0 Å². The zero-order chi connectivity index (χ0) is 19.3. The average molecular weight is 393 g/mol. The fraction of sp³-hybridized carbons (Fsp3) is 0.167. The van der Waals surface area contributed by atoms with Crippen molar-refractivity contribution in [3.05, 3.63) is 53.7 Å². The van der Waals surface area contributed by atoms with Crippen molar-refractivity contribution >= 4 is 34.7 Å². The molecule has 0 spiro atoms. The van der Waals surface area contributed by atoms with Gasteiger partial charge in [-0.05, 0) is 24.6 Å². The van der Waals surface area contributed by atoms with E-state index in [9.17, 15) is 9.90 Å². The van der Waals surface area contributed by atoms with Crippen LogP contribution in [0.2, 0.25) is 0 Å². The number of benzene rings is 1. The van der Waals surface area contributed by atoms with Gasteiger partial charge in [-0.2, -0.15) is 9.78 Å². The maximum absolute atomic E-state index is 12.4. The highest BCUT2D eigenvalue weighted by atomic mass is 32.2. The second-order valence-corrected chi connectivity index (χ2v) is 7.48. The summed E-state index contributed by atoms with van der Waals surface area (Å²) >= 11 is 1.52. The monoisotopic (exact) mass is 393 g/mol. The molecule has 0 saturated heterocycles. The Labute approximate surface area is 163 Å². The zero-order valence-corrected chi connectivity index (χ0v) is 15.6. The van der Waals surface area contributed by atoms with E-state index in [1.54, 1.807) is 23.1 Å². The Kier molecular flexibility index (Phi) is 3.79. The molecule has 3 N–H and O–H groups in total. The average Bonchev–Trinajstić information content (AvgIpc) is 3.24. The molecule has 1 atom stereocenters. The van der Waals surface area contributed by atoms with E-state index in [0.717, 1.165) is 16.8 Å². The lowest BCUT2D eigenvalue weighted by Gasteiger charge is -2.15. The molecule has 1 aliphatic heterocycles. The topological polar surface area (TPSA) is 122 Å². The van der Waals surface area contributed by atoms with E-state index in [0.29, 0.717) is 28.6 Å². The lowest BCUT2D eigenvalue weighted by molar-refractivity contribution is -0.113. The number of H-pyrrole nitrogens is 1. The fourth-order valence-corrected chi connectivity index (χ4v) is 4.55. The summed E-state index contributed by atoms with van der Waals surface area (Å²) in [5.74, 6) is 1.50. The molecule has 0 bridgehead atoms. The van der Waals surface area contributed by atoms with Gasteiger partial charge in [0.2, 0.25) is 5.91 Å². The van der Waals surface area contributed by atoms with Crippen molar-refractivity contribution < 1.29 is 9.90 Å². The normalized spacial score (nSPS) is 16.6. The van der Waals surface area contributed by atoms with Gasteiger partial charge in [0.15, 0.2) is 11.5 Å². The van der Waals surface area contributed by atoms with Crippen molar-refractivity contribution in [2.75, 3.05) is 11.1 Å². The van der Waals surface area contributed by atoms with E-state index in [4.69, 9.17) is 0 Å². The van der Waals surface area contributed by atoms with Gasteiger partial charge in [0.25, 0.3) is 0 Å². The number of hydrogen-bond acceptors (Lipinski definition) is 7. The first kappa shape index (κ1) is 16.8. The third-order valence-electron chi connectivity index (χ3n) is 4.61. The Balaban J connectivity index is 1.73. The van der Waals surface area contributed by atoms with Gasteiger partial charge < -0.3 is 15.4 Å². The molecule has 28 heavy (non-hydrogen) atoms. The summed E-state index contributed by atoms with van der Waals surface area (Å²) in [6, 6.07) is 7.02. The number of nitrogens with one attached hydrogen (secondary N) is 2. The summed E-state index contributed by atoms with van der Waals surface area (Å²) in [6.45, 7) is 1.91. The first-order valence-electron chi connectivity index (χ1n) is 8.56. The highest BCUT2D eigenvalue weighted by molar-refractivity contribution is 8.00. The van der Waals surface area contributed by atoms with Crippen molar-refractivity contribution in [1.82, 2.24) is 29.7 Å². The maximum atomic E-state index is 12.4. The van der Waals surface area contributed by atoms with Gasteiger partial charge in [-0.1, -0.05) is 12.1 Å². The van der Waals surface area contributed by atoms with Crippen LogP contribution >= 0.6 is 11.8 Å². The Morgan fingerprint density at radius 1 is 1.21 bits per heavy atom. The molecule has 9 nitrogen and oxygen atoms in total. The second kappa shape index (κ2) is 6.34. The predicted molar refractivity (Wildman–Crippen MR) is 105 cm³/mol. The Morgan fingerprint density at radius 2 is 2.04 bits per heavy atom. The minimum atomic E-state index is -0.109. The summed E-state index contributed by atoms with van der Waals surface area (Å²) in [5, 5.41) is 17.2. The van der Waals surface area contributed by atoms with Crippen LogP contribution in [0, 0.1) is 6.92 Å². The summed E-state index contributed by atoms with van der Waals surface area (Å²) in [5.41, 5.74) is 3.84. The highest BCUT2D eigenvalue weighted by Crippen LogP contribution is 2.44. The third kappa shape index (κ3) is 2.61. The number of phenols is 1. The molecule has 0 unspecified atom stereocenters. The molecule has 0 fully saturated rings. The number of aromatic amines is 1. The number of hydrogen-bond donors (Lipinski definition) is 3. The second-order valence-electron chi connectivity index (χ2n) is 6.39. The van der Waals surface area contributed by atoms with Gasteiger partial charge in [0.05, 0.1) is 23.0 Å². The number of nitrogens with zero attached hydrogens (tertiary/aromatic N) is 5. The van der Waals surface area contributed by atoms with Crippen molar-refractivity contribution in [3.63, 3.8) is 0 Å². The van der Waals surface area contributed by atoms with Crippen LogP contribution in [0.25, 0.3) is 17.0 Å². The number of thioether (sulfide) groups is 1. The smallest absolute Gasteiger partial charge is 0.235 e. The van der Waals surface area contributed by atoms with E-state index in [1.807, 2.05) is 19.1 Å². The van der Waals surface area contributed by atoms with Crippen LogP contribution < -0.4 is 5.32 Å². The SMILES string of the molecule is Cc1nn(-c2ncnc3nc[nH]c23)c2c1[C@H](c1ccc(O)cc1)SCC(=O)N2. The van der Waals surface area contributed by atoms with Gasteiger partial charge in [-0.3, -0.25) is 4.79 Å². The molecule has 1 aliphatic rings. The van der Waals surface area contributed by atoms with Gasteiger partial charge in [0.1, 0.15) is 23.4 Å². The van der Waals surface area contributed by atoms with Crippen LogP contribution in [0.3, 0.4) is 0 Å². The van der Waals surface area contributed by atoms with Crippen LogP contribution in [0.1, 0.15) is 22.1 Å². The number of anilines is 1. The number of rotatable bonds is 2. The van der Waals surface area contributed by atoms with Crippen molar-refractivity contribution in [2.45, 2.75) is 12.2 Å². The molecule has 1 amide bonds. The summed E-state index contributed by atoms with van der Waals surface area (Å²) in [7, 11) is 0. The number of carbonyl (C=O) groups is 1. The van der Waals surface area contributed by atoms with Gasteiger partial charge in [-0.15, -0.1) is 11.8 Å². The Hall–Kier alpha value is -3.40. The molecular weight excluding hydrogens is 378 g/mol. The minimum Gasteiger partial charge on any atom is -0.508 e. The molecule has 0 aliphatic carbocycles. The lowest BCUT2D eigenvalue weighted by atomic mass is 10.0. The standard InChI is InChI=1S/C18H15N7O2S/c1-9-13-15(10-2-4-11(26)5-3-10)28-6-12(27)23-17(13)25(24-9)18-14-16(20-7-19-14)21-8-22-18/h2-5,7-8,15,26H,6H2,1H3,(H,23,27)(H,19,20,21,22)/t15-/m0/s1. The van der Waals surface area contributed by atoms with Gasteiger partial charge in [0, 0.05) is 5.56 Å². The van der Waals surface area contributed by atoms with Crippen LogP contribution in [-0.4, -0.2) is 46.5 Å². The van der Waals surface area contributed by atoms with E-state index in [-0.39, 0.29) is 16.9 Å². The van der Waals surface area contributed by atoms with Crippen molar-refractivity contribution in [2.24, 2.45) is 0 Å². The number of phenolic OH excluding ortho intramolecular Hbond substituents is 1. The maximum Gasteiger partial charge on any atom is 0.235 e. The highest BCUT2D eigenvalue weighted by Gasteiger charge is 2.31. The third-order valence-corrected chi connectivity index (χ3v) is 5.88. The Bertz CT molecular complexity index is 1200. The molecule has 0 saturated carbocycles. The van der Waals surface area contributed by atoms with Crippen LogP contribution in [-0.2, 0) is 4.79 Å². The van der Waals surface area contributed by atoms with Crippen LogP contribution in [0.4, 0.5) is 5.82 Å². The molecule has 0 radical (unpaired) electrons. The van der Waals surface area contributed by atoms with Gasteiger partial charge >= 0.3 is 0 Å². The fourth-order valence-electron chi connectivity index (χ4n) is 3.36. The first-order valence-corrected chi connectivity index (χ1v) is 9.61. The number of aromatic nitrogens is 6. The lowest BCUT2D eigenvalue weighted by Crippen LogP contribution is -2.16. The number of amides is 1. The number of fused-ring (bicyclic) bond motifs is 2. The largest absolute Gasteiger partial charge is 0.508 e. The number of carbonyl (C=O) groups excluding carboxylic acids is 1. The molecule has 10 heteroatoms. The predicted octanol–water partition coefficient (Wildman–Crippen LogP) is 2.33. The van der Waals surface area contributed by atoms with Gasteiger partial charge in [-0.25, -0.2) is 15.0 Å². The molecule has 4 heterocycles. The summed E-state index contributed by atoms with van der Waals surface area (Å²) in [6.07, 6.45) is 2.97. The van der Waals surface area contributed by atoms with Crippen LogP contribution in [0.5, 0.6) is 5.75 Å².